The van der Waals surface area contributed by atoms with Crippen molar-refractivity contribution in [1.29, 1.82) is 0 Å². The summed E-state index contributed by atoms with van der Waals surface area (Å²) in [5.74, 6) is 1.14. The zero-order valence-electron chi connectivity index (χ0n) is 16.0. The molecule has 0 bridgehead atoms. The second kappa shape index (κ2) is 7.92. The van der Waals surface area contributed by atoms with Gasteiger partial charge in [0, 0.05) is 18.8 Å². The largest absolute Gasteiger partial charge is 0.495 e. The molecular weight excluding hydrogens is 388 g/mol. The van der Waals surface area contributed by atoms with Crippen LogP contribution in [0.3, 0.4) is 0 Å². The number of benzene rings is 1. The number of carbonyl (C=O) groups excluding carboxylic acids is 1. The number of aromatic nitrogens is 1. The summed E-state index contributed by atoms with van der Waals surface area (Å²) in [7, 11) is 1.56. The van der Waals surface area contributed by atoms with Gasteiger partial charge in [-0.1, -0.05) is 6.07 Å². The van der Waals surface area contributed by atoms with E-state index in [0.29, 0.717) is 16.5 Å². The molecule has 2 aromatic heterocycles. The van der Waals surface area contributed by atoms with Crippen molar-refractivity contribution in [3.63, 3.8) is 0 Å². The van der Waals surface area contributed by atoms with Crippen LogP contribution < -0.4 is 20.3 Å². The van der Waals surface area contributed by atoms with Gasteiger partial charge in [0.05, 0.1) is 30.8 Å². The Hall–Kier alpha value is -3.39. The molecule has 2 N–H and O–H groups in total. The van der Waals surface area contributed by atoms with Gasteiger partial charge in [0.15, 0.2) is 5.11 Å². The number of furan rings is 1. The van der Waals surface area contributed by atoms with E-state index in [0.717, 1.165) is 17.1 Å². The Bertz CT molecular complexity index is 1020. The van der Waals surface area contributed by atoms with Crippen LogP contribution in [0.1, 0.15) is 30.5 Å². The molecule has 1 saturated heterocycles. The molecule has 3 heterocycles. The quantitative estimate of drug-likeness (QED) is 0.621. The molecule has 0 radical (unpaired) electrons. The van der Waals surface area contributed by atoms with Crippen molar-refractivity contribution < 1.29 is 13.9 Å². The Morgan fingerprint density at radius 2 is 2.14 bits per heavy atom. The van der Waals surface area contributed by atoms with Crippen LogP contribution in [-0.4, -0.2) is 23.1 Å². The number of methoxy groups -OCH3 is 1. The molecule has 1 fully saturated rings. The van der Waals surface area contributed by atoms with E-state index in [1.807, 2.05) is 47.4 Å². The fraction of sp³-hybridized carbons (Fsp3) is 0.190. The first-order valence-electron chi connectivity index (χ1n) is 9.08. The molecule has 1 amide bonds. The van der Waals surface area contributed by atoms with Crippen LogP contribution in [0, 0.1) is 0 Å². The fourth-order valence-electron chi connectivity index (χ4n) is 3.51. The van der Waals surface area contributed by atoms with E-state index in [4.69, 9.17) is 21.4 Å². The van der Waals surface area contributed by atoms with Crippen LogP contribution in [0.25, 0.3) is 0 Å². The van der Waals surface area contributed by atoms with Crippen LogP contribution in [0.4, 0.5) is 11.4 Å². The van der Waals surface area contributed by atoms with E-state index < -0.39 is 0 Å². The molecule has 0 aliphatic carbocycles. The van der Waals surface area contributed by atoms with Crippen LogP contribution in [0.5, 0.6) is 5.75 Å². The topological polar surface area (TPSA) is 79.6 Å². The predicted octanol–water partition coefficient (Wildman–Crippen LogP) is 3.82. The molecule has 0 unspecified atom stereocenters. The van der Waals surface area contributed by atoms with Crippen LogP contribution >= 0.6 is 12.2 Å². The molecule has 3 aromatic rings. The SMILES string of the molecule is COc1ccc(N2C(=S)N[C@H](c3ccccn3)[C@H]2c2ccco2)cc1NC(C)=O. The lowest BCUT2D eigenvalue weighted by Gasteiger charge is -2.26. The third-order valence-corrected chi connectivity index (χ3v) is 5.02. The lowest BCUT2D eigenvalue weighted by Crippen LogP contribution is -2.29. The number of anilines is 2. The standard InChI is InChI=1S/C21H20N4O3S/c1-13(26)23-16-12-14(8-9-17(16)27-2)25-20(18-7-5-11-28-18)19(24-21(25)29)15-6-3-4-10-22-15/h3-12,19-20H,1-2H3,(H,23,26)(H,24,29)/t19-,20-/m1/s1. The maximum absolute atomic E-state index is 11.6. The summed E-state index contributed by atoms with van der Waals surface area (Å²) >= 11 is 5.67. The van der Waals surface area contributed by atoms with Gasteiger partial charge in [0.1, 0.15) is 17.6 Å². The third kappa shape index (κ3) is 3.66. The van der Waals surface area contributed by atoms with E-state index in [2.05, 4.69) is 15.6 Å². The van der Waals surface area contributed by atoms with Crippen molar-refractivity contribution in [2.24, 2.45) is 0 Å². The number of nitrogens with one attached hydrogen (secondary N) is 2. The van der Waals surface area contributed by atoms with E-state index in [9.17, 15) is 4.79 Å². The highest BCUT2D eigenvalue weighted by atomic mass is 32.1. The maximum Gasteiger partial charge on any atom is 0.221 e. The Morgan fingerprint density at radius 1 is 1.28 bits per heavy atom. The maximum atomic E-state index is 11.6. The lowest BCUT2D eigenvalue weighted by atomic mass is 10.0. The summed E-state index contributed by atoms with van der Waals surface area (Å²) in [4.78, 5) is 18.1. The van der Waals surface area contributed by atoms with Crippen LogP contribution in [-0.2, 0) is 4.79 Å². The molecule has 0 spiro atoms. The number of hydrogen-bond donors (Lipinski definition) is 2. The second-order valence-corrected chi connectivity index (χ2v) is 6.96. The van der Waals surface area contributed by atoms with Crippen molar-refractivity contribution in [2.75, 3.05) is 17.3 Å². The van der Waals surface area contributed by atoms with Gasteiger partial charge in [0.25, 0.3) is 0 Å². The smallest absolute Gasteiger partial charge is 0.221 e. The third-order valence-electron chi connectivity index (χ3n) is 4.70. The summed E-state index contributed by atoms with van der Waals surface area (Å²) in [5, 5.41) is 6.71. The van der Waals surface area contributed by atoms with E-state index in [1.165, 1.54) is 6.92 Å². The average Bonchev–Trinajstić information content (AvgIpc) is 3.35. The van der Waals surface area contributed by atoms with Crippen molar-refractivity contribution in [3.05, 3.63) is 72.4 Å². The minimum Gasteiger partial charge on any atom is -0.495 e. The van der Waals surface area contributed by atoms with Crippen molar-refractivity contribution in [2.45, 2.75) is 19.0 Å². The van der Waals surface area contributed by atoms with Gasteiger partial charge in [0.2, 0.25) is 5.91 Å². The Labute approximate surface area is 173 Å². The van der Waals surface area contributed by atoms with E-state index in [1.54, 1.807) is 25.6 Å². The second-order valence-electron chi connectivity index (χ2n) is 6.58. The average molecular weight is 408 g/mol. The zero-order valence-corrected chi connectivity index (χ0v) is 16.8. The zero-order chi connectivity index (χ0) is 20.4. The molecule has 148 valence electrons. The molecule has 29 heavy (non-hydrogen) atoms. The monoisotopic (exact) mass is 408 g/mol. The minimum atomic E-state index is -0.244. The lowest BCUT2D eigenvalue weighted by molar-refractivity contribution is -0.114. The number of ether oxygens (including phenoxy) is 1. The highest BCUT2D eigenvalue weighted by molar-refractivity contribution is 7.80. The number of thiocarbonyl (C=S) groups is 1. The Balaban J connectivity index is 1.79. The summed E-state index contributed by atoms with van der Waals surface area (Å²) < 4.78 is 11.1. The van der Waals surface area contributed by atoms with Crippen LogP contribution in [0.2, 0.25) is 0 Å². The molecule has 1 aliphatic rings. The first kappa shape index (κ1) is 18.9. The summed E-state index contributed by atoms with van der Waals surface area (Å²) in [6, 6.07) is 14.6. The van der Waals surface area contributed by atoms with Crippen molar-refractivity contribution in [3.8, 4) is 5.75 Å². The number of pyridine rings is 1. The molecule has 1 aromatic carbocycles. The first-order valence-corrected chi connectivity index (χ1v) is 9.49. The molecular formula is C21H20N4O3S. The van der Waals surface area contributed by atoms with Crippen molar-refractivity contribution in [1.82, 2.24) is 10.3 Å². The summed E-state index contributed by atoms with van der Waals surface area (Å²) in [6.45, 7) is 1.46. The van der Waals surface area contributed by atoms with Gasteiger partial charge in [-0.05, 0) is 54.7 Å². The number of nitrogens with zero attached hydrogens (tertiary/aromatic N) is 2. The van der Waals surface area contributed by atoms with Gasteiger partial charge >= 0.3 is 0 Å². The van der Waals surface area contributed by atoms with Gasteiger partial charge in [-0.3, -0.25) is 9.78 Å². The van der Waals surface area contributed by atoms with Gasteiger partial charge in [-0.25, -0.2) is 0 Å². The molecule has 4 rings (SSSR count). The molecule has 0 saturated carbocycles. The highest BCUT2D eigenvalue weighted by Crippen LogP contribution is 2.43. The van der Waals surface area contributed by atoms with Gasteiger partial charge in [-0.15, -0.1) is 0 Å². The number of amides is 1. The predicted molar refractivity (Wildman–Crippen MR) is 114 cm³/mol. The number of rotatable bonds is 5. The molecule has 2 atom stereocenters. The van der Waals surface area contributed by atoms with E-state index in [-0.39, 0.29) is 18.0 Å². The van der Waals surface area contributed by atoms with Gasteiger partial charge in [-0.2, -0.15) is 0 Å². The van der Waals surface area contributed by atoms with Crippen LogP contribution in [0.15, 0.2) is 65.4 Å². The van der Waals surface area contributed by atoms with Gasteiger partial charge < -0.3 is 24.7 Å². The number of carbonyl (C=O) groups is 1. The molecule has 7 nitrogen and oxygen atoms in total. The summed E-state index contributed by atoms with van der Waals surface area (Å²) in [6.07, 6.45) is 3.39. The van der Waals surface area contributed by atoms with Crippen molar-refractivity contribution >= 4 is 34.6 Å². The highest BCUT2D eigenvalue weighted by Gasteiger charge is 2.42. The number of hydrogen-bond acceptors (Lipinski definition) is 5. The van der Waals surface area contributed by atoms with E-state index >= 15 is 0 Å². The Morgan fingerprint density at radius 3 is 2.79 bits per heavy atom. The molecule has 8 heteroatoms. The normalized spacial score (nSPS) is 18.4. The minimum absolute atomic E-state index is 0.184. The first-order chi connectivity index (χ1) is 14.1. The molecule has 1 aliphatic heterocycles. The summed E-state index contributed by atoms with van der Waals surface area (Å²) in [5.41, 5.74) is 2.22. The Kier molecular flexibility index (Phi) is 5.18. The fourth-order valence-corrected chi connectivity index (χ4v) is 3.86.